The monoisotopic (exact) mass is 401 g/mol. The van der Waals surface area contributed by atoms with Crippen LogP contribution in [0.1, 0.15) is 10.5 Å². The normalized spacial score (nSPS) is 10.4. The SMILES string of the molecule is O=C(NCCNc1ccc(Nc2ccccn2)nn1)c1cc(-c2ccccc2)on1. The van der Waals surface area contributed by atoms with E-state index in [0.717, 1.165) is 5.56 Å². The van der Waals surface area contributed by atoms with E-state index in [1.54, 1.807) is 24.4 Å². The number of anilines is 3. The Hall–Kier alpha value is -4.27. The summed E-state index contributed by atoms with van der Waals surface area (Å²) in [5.74, 6) is 2.13. The molecule has 30 heavy (non-hydrogen) atoms. The van der Waals surface area contributed by atoms with Crippen LogP contribution in [0, 0.1) is 0 Å². The van der Waals surface area contributed by atoms with Crippen molar-refractivity contribution >= 4 is 23.4 Å². The standard InChI is InChI=1S/C21H19N7O2/c29-21(16-14-17(30-28-16)15-6-2-1-3-7-15)24-13-12-23-19-9-10-20(27-26-19)25-18-8-4-5-11-22-18/h1-11,14H,12-13H2,(H,23,26)(H,24,29)(H,22,25,27). The molecule has 0 bridgehead atoms. The summed E-state index contributed by atoms with van der Waals surface area (Å²) in [6, 6.07) is 20.3. The molecule has 3 aromatic heterocycles. The summed E-state index contributed by atoms with van der Waals surface area (Å²) in [6.07, 6.45) is 1.70. The number of amides is 1. The van der Waals surface area contributed by atoms with Gasteiger partial charge in [0.05, 0.1) is 0 Å². The molecule has 3 heterocycles. The van der Waals surface area contributed by atoms with Crippen molar-refractivity contribution in [2.75, 3.05) is 23.7 Å². The summed E-state index contributed by atoms with van der Waals surface area (Å²) in [6.45, 7) is 0.874. The van der Waals surface area contributed by atoms with E-state index in [-0.39, 0.29) is 11.6 Å². The minimum absolute atomic E-state index is 0.235. The van der Waals surface area contributed by atoms with E-state index in [9.17, 15) is 4.79 Å². The Morgan fingerprint density at radius 1 is 0.867 bits per heavy atom. The van der Waals surface area contributed by atoms with Crippen molar-refractivity contribution < 1.29 is 9.32 Å². The van der Waals surface area contributed by atoms with Crippen LogP contribution < -0.4 is 16.0 Å². The van der Waals surface area contributed by atoms with Crippen molar-refractivity contribution in [2.24, 2.45) is 0 Å². The van der Waals surface area contributed by atoms with E-state index in [0.29, 0.717) is 36.3 Å². The van der Waals surface area contributed by atoms with Gasteiger partial charge in [0.15, 0.2) is 17.3 Å². The lowest BCUT2D eigenvalue weighted by Gasteiger charge is -2.07. The first kappa shape index (κ1) is 19.1. The molecule has 0 aliphatic rings. The molecule has 4 aromatic rings. The van der Waals surface area contributed by atoms with Crippen LogP contribution in [0.5, 0.6) is 0 Å². The van der Waals surface area contributed by atoms with Gasteiger partial charge in [-0.05, 0) is 24.3 Å². The Labute approximate surface area is 172 Å². The van der Waals surface area contributed by atoms with Crippen molar-refractivity contribution in [1.29, 1.82) is 0 Å². The summed E-state index contributed by atoms with van der Waals surface area (Å²) < 4.78 is 5.25. The molecule has 0 saturated carbocycles. The van der Waals surface area contributed by atoms with Gasteiger partial charge in [-0.3, -0.25) is 4.79 Å². The molecular formula is C21H19N7O2. The fourth-order valence-electron chi connectivity index (χ4n) is 2.64. The minimum atomic E-state index is -0.302. The number of carbonyl (C=O) groups is 1. The van der Waals surface area contributed by atoms with E-state index in [1.807, 2.05) is 48.5 Å². The molecule has 3 N–H and O–H groups in total. The van der Waals surface area contributed by atoms with Gasteiger partial charge in [0.1, 0.15) is 11.6 Å². The Bertz CT molecular complexity index is 1080. The molecule has 4 rings (SSSR count). The number of nitrogens with one attached hydrogen (secondary N) is 3. The summed E-state index contributed by atoms with van der Waals surface area (Å²) in [4.78, 5) is 16.4. The van der Waals surface area contributed by atoms with Gasteiger partial charge in [-0.25, -0.2) is 4.98 Å². The molecule has 150 valence electrons. The lowest BCUT2D eigenvalue weighted by atomic mass is 10.1. The molecule has 0 aliphatic heterocycles. The number of carbonyl (C=O) groups excluding carboxylic acids is 1. The average molecular weight is 401 g/mol. The Balaban J connectivity index is 1.22. The van der Waals surface area contributed by atoms with Crippen LogP contribution in [0.3, 0.4) is 0 Å². The number of aromatic nitrogens is 4. The zero-order chi connectivity index (χ0) is 20.6. The van der Waals surface area contributed by atoms with Gasteiger partial charge >= 0.3 is 0 Å². The third-order valence-corrected chi connectivity index (χ3v) is 4.10. The third-order valence-electron chi connectivity index (χ3n) is 4.10. The molecule has 0 atom stereocenters. The molecule has 9 heteroatoms. The fourth-order valence-corrected chi connectivity index (χ4v) is 2.64. The molecule has 1 amide bonds. The maximum atomic E-state index is 12.2. The smallest absolute Gasteiger partial charge is 0.273 e. The molecule has 0 aliphatic carbocycles. The van der Waals surface area contributed by atoms with Crippen molar-refractivity contribution in [3.05, 3.63) is 78.6 Å². The van der Waals surface area contributed by atoms with E-state index in [1.165, 1.54) is 0 Å². The van der Waals surface area contributed by atoms with Crippen LogP contribution in [0.4, 0.5) is 17.5 Å². The second-order valence-corrected chi connectivity index (χ2v) is 6.27. The van der Waals surface area contributed by atoms with Crippen molar-refractivity contribution in [2.45, 2.75) is 0 Å². The molecule has 0 radical (unpaired) electrons. The van der Waals surface area contributed by atoms with E-state index < -0.39 is 0 Å². The number of hydrogen-bond acceptors (Lipinski definition) is 8. The fraction of sp³-hybridized carbons (Fsp3) is 0.0952. The highest BCUT2D eigenvalue weighted by Crippen LogP contribution is 2.19. The average Bonchev–Trinajstić information content (AvgIpc) is 3.30. The van der Waals surface area contributed by atoms with E-state index >= 15 is 0 Å². The van der Waals surface area contributed by atoms with Crippen LogP contribution in [0.2, 0.25) is 0 Å². The lowest BCUT2D eigenvalue weighted by molar-refractivity contribution is 0.0946. The zero-order valence-corrected chi connectivity index (χ0v) is 15.9. The van der Waals surface area contributed by atoms with E-state index in [2.05, 4.69) is 36.3 Å². The number of rotatable bonds is 8. The number of pyridine rings is 1. The summed E-state index contributed by atoms with van der Waals surface area (Å²) in [5.41, 5.74) is 1.10. The van der Waals surface area contributed by atoms with E-state index in [4.69, 9.17) is 4.52 Å². The van der Waals surface area contributed by atoms with Crippen molar-refractivity contribution in [3.63, 3.8) is 0 Å². The first-order valence-electron chi connectivity index (χ1n) is 9.34. The van der Waals surface area contributed by atoms with Gasteiger partial charge in [0, 0.05) is 30.9 Å². The topological polar surface area (TPSA) is 118 Å². The van der Waals surface area contributed by atoms with Crippen LogP contribution >= 0.6 is 0 Å². The van der Waals surface area contributed by atoms with Gasteiger partial charge in [0.25, 0.3) is 5.91 Å². The molecule has 0 spiro atoms. The van der Waals surface area contributed by atoms with Crippen molar-refractivity contribution in [1.82, 2.24) is 25.7 Å². The van der Waals surface area contributed by atoms with Gasteiger partial charge in [0.2, 0.25) is 0 Å². The second-order valence-electron chi connectivity index (χ2n) is 6.27. The van der Waals surface area contributed by atoms with Crippen molar-refractivity contribution in [3.8, 4) is 11.3 Å². The van der Waals surface area contributed by atoms with Crippen LogP contribution in [-0.4, -0.2) is 39.3 Å². The zero-order valence-electron chi connectivity index (χ0n) is 15.9. The Morgan fingerprint density at radius 3 is 2.43 bits per heavy atom. The lowest BCUT2D eigenvalue weighted by Crippen LogP contribution is -2.29. The Morgan fingerprint density at radius 2 is 1.67 bits per heavy atom. The number of benzene rings is 1. The van der Waals surface area contributed by atoms with Gasteiger partial charge in [-0.15, -0.1) is 10.2 Å². The quantitative estimate of drug-likeness (QED) is 0.386. The maximum Gasteiger partial charge on any atom is 0.273 e. The maximum absolute atomic E-state index is 12.2. The first-order valence-corrected chi connectivity index (χ1v) is 9.34. The van der Waals surface area contributed by atoms with Crippen LogP contribution in [0.25, 0.3) is 11.3 Å². The minimum Gasteiger partial charge on any atom is -0.367 e. The first-order chi connectivity index (χ1) is 14.8. The molecule has 0 saturated heterocycles. The highest BCUT2D eigenvalue weighted by molar-refractivity contribution is 5.93. The number of hydrogen-bond donors (Lipinski definition) is 3. The Kier molecular flexibility index (Phi) is 5.90. The largest absolute Gasteiger partial charge is 0.367 e. The van der Waals surface area contributed by atoms with Gasteiger partial charge in [-0.1, -0.05) is 41.6 Å². The molecular weight excluding hydrogens is 382 g/mol. The third kappa shape index (κ3) is 4.96. The van der Waals surface area contributed by atoms with Crippen LogP contribution in [-0.2, 0) is 0 Å². The predicted octanol–water partition coefficient (Wildman–Crippen LogP) is 3.11. The molecule has 9 nitrogen and oxygen atoms in total. The van der Waals surface area contributed by atoms with Gasteiger partial charge < -0.3 is 20.5 Å². The highest BCUT2D eigenvalue weighted by atomic mass is 16.5. The summed E-state index contributed by atoms with van der Waals surface area (Å²) in [5, 5.41) is 21.0. The summed E-state index contributed by atoms with van der Waals surface area (Å²) >= 11 is 0. The van der Waals surface area contributed by atoms with Crippen LogP contribution in [0.15, 0.2) is 77.4 Å². The molecule has 1 aromatic carbocycles. The molecule has 0 unspecified atom stereocenters. The van der Waals surface area contributed by atoms with Gasteiger partial charge in [-0.2, -0.15) is 0 Å². The number of nitrogens with zero attached hydrogens (tertiary/aromatic N) is 4. The second kappa shape index (κ2) is 9.28. The highest BCUT2D eigenvalue weighted by Gasteiger charge is 2.13. The summed E-state index contributed by atoms with van der Waals surface area (Å²) in [7, 11) is 0. The molecule has 0 fully saturated rings. The predicted molar refractivity (Wildman–Crippen MR) is 112 cm³/mol.